The molecule has 0 radical (unpaired) electrons. The Morgan fingerprint density at radius 1 is 0.290 bits per heavy atom. The van der Waals surface area contributed by atoms with E-state index >= 15 is 0 Å². The monoisotopic (exact) mass is 878 g/mol. The van der Waals surface area contributed by atoms with E-state index < -0.39 is 0 Å². The fraction of sp³-hybridized carbons (Fsp3) is 0.0149. The van der Waals surface area contributed by atoms with Gasteiger partial charge in [-0.1, -0.05) is 206 Å². The molecule has 13 aromatic rings. The summed E-state index contributed by atoms with van der Waals surface area (Å²) in [6.45, 7) is 2.21. The van der Waals surface area contributed by atoms with Gasteiger partial charge in [-0.25, -0.2) is 0 Å². The number of nitrogens with zero attached hydrogens (tertiary/aromatic N) is 2. The van der Waals surface area contributed by atoms with Crippen molar-refractivity contribution in [3.63, 3.8) is 0 Å². The average molecular weight is 879 g/mol. The molecule has 1 aromatic heterocycles. The highest BCUT2D eigenvalue weighted by Gasteiger charge is 2.25. The maximum atomic E-state index is 2.46. The Bertz CT molecular complexity index is 3930. The SMILES string of the molecule is Cc1cn(-c2ccc(N(c3ccccc3)c3c4ccccc4c(-c4c5ccccc5c(-c5ccc(-c6ccccc6)cc5)c5ccccc45)c4ccccc34)cc2)c2ccc(-c3ccccc3)cc12. The molecule has 0 saturated heterocycles. The van der Waals surface area contributed by atoms with Crippen LogP contribution >= 0.6 is 0 Å². The molecule has 0 spiro atoms. The van der Waals surface area contributed by atoms with Crippen molar-refractivity contribution in [2.45, 2.75) is 6.92 Å². The number of aromatic nitrogens is 1. The molecule has 0 atom stereocenters. The third-order valence-electron chi connectivity index (χ3n) is 14.1. The van der Waals surface area contributed by atoms with Gasteiger partial charge in [0.2, 0.25) is 0 Å². The van der Waals surface area contributed by atoms with E-state index in [0.717, 1.165) is 22.7 Å². The van der Waals surface area contributed by atoms with Gasteiger partial charge in [-0.15, -0.1) is 0 Å². The van der Waals surface area contributed by atoms with Crippen LogP contribution in [0.3, 0.4) is 0 Å². The Hall–Kier alpha value is -8.98. The van der Waals surface area contributed by atoms with Gasteiger partial charge in [0.25, 0.3) is 0 Å². The van der Waals surface area contributed by atoms with Gasteiger partial charge in [-0.2, -0.15) is 0 Å². The zero-order valence-corrected chi connectivity index (χ0v) is 38.2. The maximum absolute atomic E-state index is 2.46. The van der Waals surface area contributed by atoms with Crippen LogP contribution in [-0.2, 0) is 0 Å². The predicted molar refractivity (Wildman–Crippen MR) is 294 cm³/mol. The topological polar surface area (TPSA) is 8.17 Å². The Morgan fingerprint density at radius 2 is 0.667 bits per heavy atom. The fourth-order valence-electron chi connectivity index (χ4n) is 10.9. The second-order valence-corrected chi connectivity index (χ2v) is 18.1. The first-order valence-electron chi connectivity index (χ1n) is 23.8. The van der Waals surface area contributed by atoms with Crippen molar-refractivity contribution in [3.8, 4) is 50.2 Å². The maximum Gasteiger partial charge on any atom is 0.0618 e. The van der Waals surface area contributed by atoms with Crippen LogP contribution in [0.4, 0.5) is 17.1 Å². The minimum absolute atomic E-state index is 1.09. The van der Waals surface area contributed by atoms with Crippen molar-refractivity contribution in [3.05, 3.63) is 267 Å². The van der Waals surface area contributed by atoms with E-state index in [-0.39, 0.29) is 0 Å². The molecule has 12 aromatic carbocycles. The molecular formula is C67H46N2. The van der Waals surface area contributed by atoms with Gasteiger partial charge in [0.15, 0.2) is 0 Å². The summed E-state index contributed by atoms with van der Waals surface area (Å²) in [5.41, 5.74) is 16.8. The lowest BCUT2D eigenvalue weighted by atomic mass is 9.82. The van der Waals surface area contributed by atoms with Crippen LogP contribution in [0.15, 0.2) is 261 Å². The third-order valence-corrected chi connectivity index (χ3v) is 14.1. The highest BCUT2D eigenvalue weighted by atomic mass is 15.1. The summed E-state index contributed by atoms with van der Waals surface area (Å²) >= 11 is 0. The Labute approximate surface area is 402 Å². The summed E-state index contributed by atoms with van der Waals surface area (Å²) in [6, 6.07) is 93.3. The van der Waals surface area contributed by atoms with Gasteiger partial charge in [0.05, 0.1) is 11.2 Å². The summed E-state index contributed by atoms with van der Waals surface area (Å²) < 4.78 is 2.33. The highest BCUT2D eigenvalue weighted by Crippen LogP contribution is 2.52. The average Bonchev–Trinajstić information content (AvgIpc) is 3.76. The number of para-hydroxylation sites is 1. The van der Waals surface area contributed by atoms with E-state index in [1.807, 2.05) is 0 Å². The Balaban J connectivity index is 1.00. The number of benzene rings is 12. The smallest absolute Gasteiger partial charge is 0.0618 e. The van der Waals surface area contributed by atoms with E-state index in [1.54, 1.807) is 0 Å². The molecule has 0 aliphatic carbocycles. The quantitative estimate of drug-likeness (QED) is 0.138. The molecule has 0 unspecified atom stereocenters. The summed E-state index contributed by atoms with van der Waals surface area (Å²) in [4.78, 5) is 2.46. The number of anilines is 3. The molecule has 0 N–H and O–H groups in total. The lowest BCUT2D eigenvalue weighted by Crippen LogP contribution is -2.11. The molecule has 69 heavy (non-hydrogen) atoms. The molecular weight excluding hydrogens is 833 g/mol. The Kier molecular flexibility index (Phi) is 9.77. The second-order valence-electron chi connectivity index (χ2n) is 18.1. The van der Waals surface area contributed by atoms with Crippen LogP contribution < -0.4 is 4.90 Å². The van der Waals surface area contributed by atoms with Crippen LogP contribution in [0.5, 0.6) is 0 Å². The lowest BCUT2D eigenvalue weighted by Gasteiger charge is -2.30. The molecule has 1 heterocycles. The number of rotatable bonds is 8. The molecule has 0 saturated carbocycles. The van der Waals surface area contributed by atoms with Crippen LogP contribution in [0.1, 0.15) is 5.56 Å². The molecule has 0 amide bonds. The van der Waals surface area contributed by atoms with Crippen molar-refractivity contribution >= 4 is 71.1 Å². The number of fused-ring (bicyclic) bond motifs is 5. The zero-order chi connectivity index (χ0) is 45.8. The van der Waals surface area contributed by atoms with Crippen molar-refractivity contribution in [1.29, 1.82) is 0 Å². The zero-order valence-electron chi connectivity index (χ0n) is 38.2. The van der Waals surface area contributed by atoms with Gasteiger partial charge in [0.1, 0.15) is 0 Å². The van der Waals surface area contributed by atoms with Gasteiger partial charge < -0.3 is 9.47 Å². The summed E-state index contributed by atoms with van der Waals surface area (Å²) in [6.07, 6.45) is 2.27. The summed E-state index contributed by atoms with van der Waals surface area (Å²) in [5, 5.41) is 11.0. The molecule has 0 fully saturated rings. The number of hydrogen-bond donors (Lipinski definition) is 0. The first-order valence-corrected chi connectivity index (χ1v) is 23.8. The largest absolute Gasteiger partial charge is 0.316 e. The molecule has 2 heteroatoms. The third kappa shape index (κ3) is 6.80. The first-order chi connectivity index (χ1) is 34.2. The van der Waals surface area contributed by atoms with Gasteiger partial charge in [-0.05, 0) is 138 Å². The van der Waals surface area contributed by atoms with Crippen molar-refractivity contribution in [1.82, 2.24) is 4.57 Å². The van der Waals surface area contributed by atoms with Crippen LogP contribution in [-0.4, -0.2) is 4.57 Å². The second kappa shape index (κ2) is 16.7. The van der Waals surface area contributed by atoms with Crippen molar-refractivity contribution in [2.75, 3.05) is 4.90 Å². The highest BCUT2D eigenvalue weighted by molar-refractivity contribution is 6.30. The van der Waals surface area contributed by atoms with E-state index in [2.05, 4.69) is 277 Å². The van der Waals surface area contributed by atoms with Gasteiger partial charge in [0, 0.05) is 39.4 Å². The lowest BCUT2D eigenvalue weighted by molar-refractivity contribution is 1.12. The standard InChI is InChI=1S/C67H46N2/c1-45-44-68(63-42-37-50(43-62(45)63)47-21-7-3-8-22-47)51-38-40-53(41-39-51)69(52-23-9-4-10-24-52)67-60-31-17-15-29-58(60)66(59-30-16-18-32-61(59)67)65-56-27-13-11-25-54(56)64(55-26-12-14-28-57(55)65)49-35-33-48(34-36-49)46-19-5-2-6-20-46/h2-44H,1H3. The van der Waals surface area contributed by atoms with E-state index in [4.69, 9.17) is 0 Å². The first kappa shape index (κ1) is 40.3. The van der Waals surface area contributed by atoms with Gasteiger partial charge in [-0.3, -0.25) is 0 Å². The van der Waals surface area contributed by atoms with Gasteiger partial charge >= 0.3 is 0 Å². The molecule has 0 bridgehead atoms. The van der Waals surface area contributed by atoms with Crippen LogP contribution in [0.25, 0.3) is 104 Å². The molecule has 324 valence electrons. The van der Waals surface area contributed by atoms with E-state index in [9.17, 15) is 0 Å². The molecule has 13 rings (SSSR count). The summed E-state index contributed by atoms with van der Waals surface area (Å²) in [5.74, 6) is 0. The predicted octanol–water partition coefficient (Wildman–Crippen LogP) is 18.7. The molecule has 2 nitrogen and oxygen atoms in total. The van der Waals surface area contributed by atoms with Crippen molar-refractivity contribution in [2.24, 2.45) is 0 Å². The summed E-state index contributed by atoms with van der Waals surface area (Å²) in [7, 11) is 0. The number of hydrogen-bond acceptors (Lipinski definition) is 1. The minimum atomic E-state index is 1.09. The normalized spacial score (nSPS) is 11.6. The van der Waals surface area contributed by atoms with Crippen molar-refractivity contribution < 1.29 is 0 Å². The minimum Gasteiger partial charge on any atom is -0.316 e. The Morgan fingerprint density at radius 3 is 1.19 bits per heavy atom. The van der Waals surface area contributed by atoms with Crippen LogP contribution in [0, 0.1) is 6.92 Å². The van der Waals surface area contributed by atoms with Crippen LogP contribution in [0.2, 0.25) is 0 Å². The van der Waals surface area contributed by atoms with E-state index in [1.165, 1.54) is 104 Å². The molecule has 0 aliphatic heterocycles. The van der Waals surface area contributed by atoms with E-state index in [0.29, 0.717) is 0 Å². The fourth-order valence-corrected chi connectivity index (χ4v) is 10.9. The molecule has 0 aliphatic rings. The number of aryl methyl sites for hydroxylation is 1.